The van der Waals surface area contributed by atoms with E-state index in [9.17, 15) is 4.79 Å². The van der Waals surface area contributed by atoms with E-state index in [-0.39, 0.29) is 11.7 Å². The van der Waals surface area contributed by atoms with E-state index < -0.39 is 0 Å². The molecular formula is C17H13ClN4OS2. The fourth-order valence-electron chi connectivity index (χ4n) is 2.27. The number of carbonyl (C=O) groups excluding carboxylic acids is 1. The molecule has 0 aliphatic rings. The quantitative estimate of drug-likeness (QED) is 0.523. The molecule has 5 nitrogen and oxygen atoms in total. The van der Waals surface area contributed by atoms with Crippen molar-refractivity contribution in [2.45, 2.75) is 18.9 Å². The van der Waals surface area contributed by atoms with Crippen molar-refractivity contribution in [2.75, 3.05) is 11.1 Å². The van der Waals surface area contributed by atoms with Gasteiger partial charge in [-0.2, -0.15) is 5.26 Å². The van der Waals surface area contributed by atoms with Crippen LogP contribution in [0.3, 0.4) is 0 Å². The topological polar surface area (TPSA) is 78.7 Å². The molecule has 0 aliphatic carbocycles. The molecule has 1 N–H and O–H groups in total. The van der Waals surface area contributed by atoms with Crippen molar-refractivity contribution in [1.82, 2.24) is 9.97 Å². The fourth-order valence-corrected chi connectivity index (χ4v) is 4.41. The Morgan fingerprint density at radius 3 is 2.92 bits per heavy atom. The summed E-state index contributed by atoms with van der Waals surface area (Å²) in [6.07, 6.45) is 1.53. The lowest BCUT2D eigenvalue weighted by atomic mass is 10.2. The standard InChI is InChI=1S/C17H13ClN4OS2/c1-9-10(2)25-17-15(9)16(20-8-21-17)24-7-14(23)22-12-4-3-11(6-19)13(18)5-12/h3-5,8H,7H2,1-2H3,(H,22,23). The molecule has 0 saturated heterocycles. The van der Waals surface area contributed by atoms with E-state index >= 15 is 0 Å². The van der Waals surface area contributed by atoms with Crippen LogP contribution in [0.15, 0.2) is 29.6 Å². The number of carbonyl (C=O) groups is 1. The van der Waals surface area contributed by atoms with E-state index in [0.717, 1.165) is 20.8 Å². The average Bonchev–Trinajstić information content (AvgIpc) is 2.88. The maximum absolute atomic E-state index is 12.2. The van der Waals surface area contributed by atoms with E-state index in [0.29, 0.717) is 16.3 Å². The summed E-state index contributed by atoms with van der Waals surface area (Å²) in [5.74, 6) is 0.0556. The molecule has 0 bridgehead atoms. The van der Waals surface area contributed by atoms with Crippen LogP contribution in [-0.2, 0) is 4.79 Å². The van der Waals surface area contributed by atoms with Gasteiger partial charge < -0.3 is 5.32 Å². The van der Waals surface area contributed by atoms with Crippen molar-refractivity contribution < 1.29 is 4.79 Å². The Balaban J connectivity index is 1.71. The first-order valence-corrected chi connectivity index (χ1v) is 9.50. The lowest BCUT2D eigenvalue weighted by Crippen LogP contribution is -2.14. The van der Waals surface area contributed by atoms with Crippen LogP contribution in [0.1, 0.15) is 16.0 Å². The lowest BCUT2D eigenvalue weighted by Gasteiger charge is -2.07. The van der Waals surface area contributed by atoms with Crippen LogP contribution in [0, 0.1) is 25.2 Å². The Kier molecular flexibility index (Phi) is 5.23. The Morgan fingerprint density at radius 1 is 1.40 bits per heavy atom. The van der Waals surface area contributed by atoms with Crippen molar-refractivity contribution in [3.63, 3.8) is 0 Å². The van der Waals surface area contributed by atoms with Gasteiger partial charge in [-0.05, 0) is 37.6 Å². The Labute approximate surface area is 158 Å². The monoisotopic (exact) mass is 388 g/mol. The summed E-state index contributed by atoms with van der Waals surface area (Å²) in [6.45, 7) is 4.10. The number of fused-ring (bicyclic) bond motifs is 1. The minimum absolute atomic E-state index is 0.165. The van der Waals surface area contributed by atoms with Crippen LogP contribution in [0.25, 0.3) is 10.2 Å². The highest BCUT2D eigenvalue weighted by Gasteiger charge is 2.14. The molecule has 0 spiro atoms. The van der Waals surface area contributed by atoms with Crippen LogP contribution >= 0.6 is 34.7 Å². The highest BCUT2D eigenvalue weighted by Crippen LogP contribution is 2.34. The first kappa shape index (κ1) is 17.7. The number of aryl methyl sites for hydroxylation is 2. The lowest BCUT2D eigenvalue weighted by molar-refractivity contribution is -0.113. The highest BCUT2D eigenvalue weighted by atomic mass is 35.5. The largest absolute Gasteiger partial charge is 0.325 e. The molecule has 8 heteroatoms. The molecular weight excluding hydrogens is 376 g/mol. The maximum atomic E-state index is 12.2. The number of rotatable bonds is 4. The van der Waals surface area contributed by atoms with Crippen molar-refractivity contribution >= 4 is 56.5 Å². The van der Waals surface area contributed by atoms with Crippen molar-refractivity contribution in [2.24, 2.45) is 0 Å². The molecule has 25 heavy (non-hydrogen) atoms. The van der Waals surface area contributed by atoms with Crippen LogP contribution in [0.2, 0.25) is 5.02 Å². The van der Waals surface area contributed by atoms with Gasteiger partial charge in [0.05, 0.1) is 16.3 Å². The number of hydrogen-bond acceptors (Lipinski definition) is 6. The molecule has 126 valence electrons. The second kappa shape index (κ2) is 7.40. The number of anilines is 1. The van der Waals surface area contributed by atoms with Gasteiger partial charge in [0.1, 0.15) is 22.3 Å². The fraction of sp³-hybridized carbons (Fsp3) is 0.176. The third-order valence-electron chi connectivity index (χ3n) is 3.64. The number of nitrogens with zero attached hydrogens (tertiary/aromatic N) is 3. The number of thioether (sulfide) groups is 1. The molecule has 0 radical (unpaired) electrons. The third kappa shape index (κ3) is 3.76. The SMILES string of the molecule is Cc1sc2ncnc(SCC(=O)Nc3ccc(C#N)c(Cl)c3)c2c1C. The molecule has 0 aliphatic heterocycles. The summed E-state index contributed by atoms with van der Waals surface area (Å²) in [5.41, 5.74) is 2.09. The minimum Gasteiger partial charge on any atom is -0.325 e. The number of amides is 1. The van der Waals surface area contributed by atoms with Gasteiger partial charge in [-0.25, -0.2) is 9.97 Å². The second-order valence-corrected chi connectivity index (χ2v) is 7.86. The number of halogens is 1. The van der Waals surface area contributed by atoms with Gasteiger partial charge >= 0.3 is 0 Å². The number of thiophene rings is 1. The summed E-state index contributed by atoms with van der Waals surface area (Å²) >= 11 is 8.98. The summed E-state index contributed by atoms with van der Waals surface area (Å²) in [5, 5.41) is 13.8. The number of aromatic nitrogens is 2. The summed E-state index contributed by atoms with van der Waals surface area (Å²) < 4.78 is 0. The predicted molar refractivity (Wildman–Crippen MR) is 102 cm³/mol. The molecule has 0 fully saturated rings. The van der Waals surface area contributed by atoms with Gasteiger partial charge in [-0.1, -0.05) is 23.4 Å². The number of benzene rings is 1. The molecule has 2 heterocycles. The first-order valence-electron chi connectivity index (χ1n) is 7.32. The molecule has 0 atom stereocenters. The van der Waals surface area contributed by atoms with Crippen molar-refractivity contribution in [3.05, 3.63) is 45.6 Å². The van der Waals surface area contributed by atoms with Gasteiger partial charge in [-0.3, -0.25) is 4.79 Å². The number of nitrogens with one attached hydrogen (secondary N) is 1. The van der Waals surface area contributed by atoms with Gasteiger partial charge in [0, 0.05) is 16.0 Å². The zero-order valence-corrected chi connectivity index (χ0v) is 15.8. The zero-order chi connectivity index (χ0) is 18.0. The van der Waals surface area contributed by atoms with Crippen molar-refractivity contribution in [1.29, 1.82) is 5.26 Å². The first-order chi connectivity index (χ1) is 12.0. The molecule has 0 saturated carbocycles. The van der Waals surface area contributed by atoms with E-state index in [1.807, 2.05) is 13.0 Å². The van der Waals surface area contributed by atoms with Crippen LogP contribution in [-0.4, -0.2) is 21.6 Å². The minimum atomic E-state index is -0.165. The molecule has 0 unspecified atom stereocenters. The van der Waals surface area contributed by atoms with Crippen LogP contribution in [0.4, 0.5) is 5.69 Å². The molecule has 1 aromatic carbocycles. The van der Waals surface area contributed by atoms with E-state index in [1.165, 1.54) is 23.0 Å². The Bertz CT molecular complexity index is 1010. The van der Waals surface area contributed by atoms with Gasteiger partial charge in [-0.15, -0.1) is 11.3 Å². The normalized spacial score (nSPS) is 10.6. The molecule has 1 amide bonds. The van der Waals surface area contributed by atoms with Crippen LogP contribution < -0.4 is 5.32 Å². The number of hydrogen-bond donors (Lipinski definition) is 1. The average molecular weight is 389 g/mol. The molecule has 3 rings (SSSR count). The van der Waals surface area contributed by atoms with Gasteiger partial charge in [0.2, 0.25) is 5.91 Å². The summed E-state index contributed by atoms with van der Waals surface area (Å²) in [6, 6.07) is 6.79. The summed E-state index contributed by atoms with van der Waals surface area (Å²) in [4.78, 5) is 23.0. The number of nitriles is 1. The maximum Gasteiger partial charge on any atom is 0.234 e. The Morgan fingerprint density at radius 2 is 2.20 bits per heavy atom. The van der Waals surface area contributed by atoms with Gasteiger partial charge in [0.15, 0.2) is 0 Å². The van der Waals surface area contributed by atoms with E-state index in [2.05, 4.69) is 22.2 Å². The zero-order valence-electron chi connectivity index (χ0n) is 13.5. The van der Waals surface area contributed by atoms with Crippen molar-refractivity contribution in [3.8, 4) is 6.07 Å². The van der Waals surface area contributed by atoms with E-state index in [4.69, 9.17) is 16.9 Å². The van der Waals surface area contributed by atoms with Crippen LogP contribution in [0.5, 0.6) is 0 Å². The highest BCUT2D eigenvalue weighted by molar-refractivity contribution is 8.00. The predicted octanol–water partition coefficient (Wildman–Crippen LogP) is 4.56. The molecule has 2 aromatic heterocycles. The van der Waals surface area contributed by atoms with E-state index in [1.54, 1.807) is 29.5 Å². The van der Waals surface area contributed by atoms with Gasteiger partial charge in [0.25, 0.3) is 0 Å². The third-order valence-corrected chi connectivity index (χ3v) is 6.06. The smallest absolute Gasteiger partial charge is 0.234 e. The molecule has 3 aromatic rings. The second-order valence-electron chi connectivity index (χ2n) is 5.29. The Hall–Kier alpha value is -2.14. The summed E-state index contributed by atoms with van der Waals surface area (Å²) in [7, 11) is 0.